The van der Waals surface area contributed by atoms with Crippen LogP contribution in [-0.2, 0) is 19.1 Å². The van der Waals surface area contributed by atoms with Gasteiger partial charge < -0.3 is 9.47 Å². The predicted molar refractivity (Wildman–Crippen MR) is 96.3 cm³/mol. The van der Waals surface area contributed by atoms with Gasteiger partial charge in [0.05, 0.1) is 18.2 Å². The Morgan fingerprint density at radius 2 is 1.57 bits per heavy atom. The lowest BCUT2D eigenvalue weighted by Gasteiger charge is -2.27. The highest BCUT2D eigenvalue weighted by Crippen LogP contribution is 2.27. The smallest absolute Gasteiger partial charge is 0.413 e. The molecular weight excluding hydrogens is 368 g/mol. The number of nitrogens with zero attached hydrogens (tertiary/aromatic N) is 1. The van der Waals surface area contributed by atoms with Crippen molar-refractivity contribution in [3.05, 3.63) is 35.4 Å². The molecule has 150 valence electrons. The summed E-state index contributed by atoms with van der Waals surface area (Å²) in [7, 11) is 1.08. The molecule has 28 heavy (non-hydrogen) atoms. The number of hydrogen-bond acceptors (Lipinski definition) is 7. The number of esters is 1. The Morgan fingerprint density at radius 1 is 1.04 bits per heavy atom. The second-order valence-corrected chi connectivity index (χ2v) is 6.73. The zero-order valence-electron chi connectivity index (χ0n) is 16.1. The molecule has 9 heteroatoms. The summed E-state index contributed by atoms with van der Waals surface area (Å²) in [6.07, 6.45) is -2.15. The Hall–Kier alpha value is -3.23. The molecule has 0 saturated carbocycles. The third-order valence-corrected chi connectivity index (χ3v) is 4.18. The normalized spacial score (nSPS) is 15.1. The molecule has 1 aromatic carbocycles. The maximum absolute atomic E-state index is 12.7. The van der Waals surface area contributed by atoms with Crippen molar-refractivity contribution in [2.45, 2.75) is 39.3 Å². The highest BCUT2D eigenvalue weighted by atomic mass is 16.6. The van der Waals surface area contributed by atoms with Gasteiger partial charge in [-0.05, 0) is 31.4 Å². The summed E-state index contributed by atoms with van der Waals surface area (Å²) in [5.41, 5.74) is 0.427. The van der Waals surface area contributed by atoms with E-state index < -0.39 is 41.9 Å². The molecule has 1 aromatic rings. The monoisotopic (exact) mass is 390 g/mol. The maximum atomic E-state index is 12.7. The highest BCUT2D eigenvalue weighted by molar-refractivity contribution is 6.22. The number of imide groups is 2. The molecule has 2 rings (SSSR count). The summed E-state index contributed by atoms with van der Waals surface area (Å²) < 4.78 is 9.44. The topological polar surface area (TPSA) is 119 Å². The lowest BCUT2D eigenvalue weighted by molar-refractivity contribution is -0.158. The molecule has 0 aliphatic carbocycles. The van der Waals surface area contributed by atoms with E-state index in [4.69, 9.17) is 4.74 Å². The molecule has 1 aliphatic rings. The Kier molecular flexibility index (Phi) is 6.50. The lowest BCUT2D eigenvalue weighted by atomic mass is 10.0. The van der Waals surface area contributed by atoms with E-state index in [2.05, 4.69) is 4.74 Å². The molecule has 9 nitrogen and oxygen atoms in total. The van der Waals surface area contributed by atoms with E-state index in [1.165, 1.54) is 19.1 Å². The largest absolute Gasteiger partial charge is 0.453 e. The van der Waals surface area contributed by atoms with Crippen LogP contribution in [-0.4, -0.2) is 53.9 Å². The molecule has 0 fully saturated rings. The fourth-order valence-corrected chi connectivity index (χ4v) is 2.80. The van der Waals surface area contributed by atoms with Crippen molar-refractivity contribution < 1.29 is 33.4 Å². The molecule has 0 spiro atoms. The molecular formula is C19H22N2O7. The number of hydrogen-bond donors (Lipinski definition) is 1. The number of alkyl carbamates (subject to hydrolysis) is 1. The fraction of sp³-hybridized carbons (Fsp3) is 0.421. The number of rotatable bonds is 6. The van der Waals surface area contributed by atoms with Crippen LogP contribution in [0.25, 0.3) is 0 Å². The van der Waals surface area contributed by atoms with Crippen molar-refractivity contribution >= 4 is 29.8 Å². The third-order valence-electron chi connectivity index (χ3n) is 4.18. The first-order valence-corrected chi connectivity index (χ1v) is 8.73. The van der Waals surface area contributed by atoms with Crippen molar-refractivity contribution in [2.24, 2.45) is 5.92 Å². The molecule has 2 atom stereocenters. The Morgan fingerprint density at radius 3 is 2.04 bits per heavy atom. The van der Waals surface area contributed by atoms with Gasteiger partial charge in [-0.15, -0.1) is 0 Å². The quantitative estimate of drug-likeness (QED) is 0.577. The van der Waals surface area contributed by atoms with Gasteiger partial charge in [0.15, 0.2) is 6.10 Å². The molecule has 0 unspecified atom stereocenters. The molecule has 1 aliphatic heterocycles. The van der Waals surface area contributed by atoms with Crippen LogP contribution in [0.2, 0.25) is 0 Å². The summed E-state index contributed by atoms with van der Waals surface area (Å²) in [6.45, 7) is 4.92. The number of ether oxygens (including phenoxy) is 2. The Bertz CT molecular complexity index is 783. The van der Waals surface area contributed by atoms with Gasteiger partial charge in [0, 0.05) is 0 Å². The summed E-state index contributed by atoms with van der Waals surface area (Å²) in [5, 5.41) is 1.89. The molecule has 0 radical (unpaired) electrons. The van der Waals surface area contributed by atoms with E-state index in [0.29, 0.717) is 0 Å². The first-order valence-electron chi connectivity index (χ1n) is 8.73. The number of carbonyl (C=O) groups is 5. The van der Waals surface area contributed by atoms with Crippen LogP contribution in [0.3, 0.4) is 0 Å². The molecule has 4 amide bonds. The Balaban J connectivity index is 2.21. The minimum absolute atomic E-state index is 0.0407. The number of amides is 4. The first-order chi connectivity index (χ1) is 13.2. The van der Waals surface area contributed by atoms with E-state index in [1.807, 2.05) is 19.2 Å². The van der Waals surface area contributed by atoms with Crippen LogP contribution in [0.5, 0.6) is 0 Å². The van der Waals surface area contributed by atoms with Gasteiger partial charge >= 0.3 is 12.1 Å². The minimum atomic E-state index is -1.32. The average Bonchev–Trinajstić information content (AvgIpc) is 2.90. The van der Waals surface area contributed by atoms with Gasteiger partial charge in [-0.25, -0.2) is 9.59 Å². The number of benzene rings is 1. The van der Waals surface area contributed by atoms with Crippen LogP contribution in [0.15, 0.2) is 24.3 Å². The van der Waals surface area contributed by atoms with Crippen molar-refractivity contribution in [1.29, 1.82) is 0 Å². The predicted octanol–water partition coefficient (Wildman–Crippen LogP) is 1.51. The minimum Gasteiger partial charge on any atom is -0.453 e. The van der Waals surface area contributed by atoms with Gasteiger partial charge in [-0.3, -0.25) is 24.6 Å². The van der Waals surface area contributed by atoms with Crippen molar-refractivity contribution in [1.82, 2.24) is 10.2 Å². The second kappa shape index (κ2) is 8.64. The summed E-state index contributed by atoms with van der Waals surface area (Å²) in [4.78, 5) is 62.0. The lowest BCUT2D eigenvalue weighted by Crippen LogP contribution is -2.48. The highest BCUT2D eigenvalue weighted by Gasteiger charge is 2.44. The van der Waals surface area contributed by atoms with Gasteiger partial charge in [0.25, 0.3) is 17.7 Å². The molecule has 0 aromatic heterocycles. The van der Waals surface area contributed by atoms with Gasteiger partial charge in [0.1, 0.15) is 6.04 Å². The van der Waals surface area contributed by atoms with Crippen LogP contribution < -0.4 is 5.32 Å². The molecule has 1 N–H and O–H groups in total. The molecule has 1 heterocycles. The van der Waals surface area contributed by atoms with E-state index in [9.17, 15) is 24.0 Å². The average molecular weight is 390 g/mol. The van der Waals surface area contributed by atoms with Crippen LogP contribution >= 0.6 is 0 Å². The van der Waals surface area contributed by atoms with Crippen LogP contribution in [0, 0.1) is 5.92 Å². The van der Waals surface area contributed by atoms with Gasteiger partial charge in [-0.2, -0.15) is 0 Å². The van der Waals surface area contributed by atoms with Gasteiger partial charge in [0.2, 0.25) is 0 Å². The zero-order valence-corrected chi connectivity index (χ0v) is 16.1. The summed E-state index contributed by atoms with van der Waals surface area (Å²) in [5.74, 6) is -3.01. The van der Waals surface area contributed by atoms with Crippen molar-refractivity contribution in [3.63, 3.8) is 0 Å². The Labute approximate surface area is 162 Å². The fourth-order valence-electron chi connectivity index (χ4n) is 2.80. The second-order valence-electron chi connectivity index (χ2n) is 6.73. The number of carbonyl (C=O) groups excluding carboxylic acids is 5. The van der Waals surface area contributed by atoms with E-state index in [0.717, 1.165) is 12.0 Å². The van der Waals surface area contributed by atoms with Crippen LogP contribution in [0.4, 0.5) is 4.79 Å². The van der Waals surface area contributed by atoms with E-state index in [1.54, 1.807) is 12.1 Å². The SMILES string of the molecule is COC(=O)NC(=O)[C@H](C)OC(=O)[C@H](CC(C)C)N1C(=O)c2ccccc2C1=O. The van der Waals surface area contributed by atoms with E-state index in [-0.39, 0.29) is 23.5 Å². The summed E-state index contributed by atoms with van der Waals surface area (Å²) in [6, 6.07) is 5.09. The molecule has 0 bridgehead atoms. The maximum Gasteiger partial charge on any atom is 0.413 e. The van der Waals surface area contributed by atoms with Gasteiger partial charge in [-0.1, -0.05) is 26.0 Å². The van der Waals surface area contributed by atoms with Crippen LogP contribution in [0.1, 0.15) is 47.9 Å². The zero-order chi connectivity index (χ0) is 21.0. The third kappa shape index (κ3) is 4.36. The standard InChI is InChI=1S/C19H22N2O7/c1-10(2)9-14(18(25)28-11(3)15(22)20-19(26)27-4)21-16(23)12-7-5-6-8-13(12)17(21)24/h5-8,10-11,14H,9H2,1-4H3,(H,20,22,26)/t11-,14-/m0/s1. The van der Waals surface area contributed by atoms with E-state index >= 15 is 0 Å². The van der Waals surface area contributed by atoms with Crippen molar-refractivity contribution in [2.75, 3.05) is 7.11 Å². The first kappa shape index (κ1) is 21.1. The number of fused-ring (bicyclic) bond motifs is 1. The number of methoxy groups -OCH3 is 1. The number of nitrogens with one attached hydrogen (secondary N) is 1. The van der Waals surface area contributed by atoms with Crippen molar-refractivity contribution in [3.8, 4) is 0 Å². The molecule has 0 saturated heterocycles. The summed E-state index contributed by atoms with van der Waals surface area (Å²) >= 11 is 0.